The molecule has 0 aliphatic rings. The van der Waals surface area contributed by atoms with E-state index in [1.807, 2.05) is 0 Å². The second kappa shape index (κ2) is 5.47. The van der Waals surface area contributed by atoms with Crippen LogP contribution in [0.1, 0.15) is 33.6 Å². The van der Waals surface area contributed by atoms with E-state index in [2.05, 4.69) is 18.6 Å². The van der Waals surface area contributed by atoms with Gasteiger partial charge in [-0.3, -0.25) is 0 Å². The summed E-state index contributed by atoms with van der Waals surface area (Å²) in [5.74, 6) is 0.554. The fourth-order valence-electron chi connectivity index (χ4n) is 0.812. The van der Waals surface area contributed by atoms with Gasteiger partial charge in [0.15, 0.2) is 0 Å². The SMILES string of the molecule is CC(C)CC[C@H](C)OC(F)F. The van der Waals surface area contributed by atoms with E-state index in [0.29, 0.717) is 12.3 Å². The van der Waals surface area contributed by atoms with Gasteiger partial charge < -0.3 is 4.74 Å². The number of ether oxygens (including phenoxy) is 1. The molecule has 0 bridgehead atoms. The highest BCUT2D eigenvalue weighted by atomic mass is 19.3. The van der Waals surface area contributed by atoms with Gasteiger partial charge in [0.25, 0.3) is 0 Å². The van der Waals surface area contributed by atoms with Crippen molar-refractivity contribution in [2.75, 3.05) is 0 Å². The summed E-state index contributed by atoms with van der Waals surface area (Å²) < 4.78 is 27.4. The Hall–Kier alpha value is -0.180. The van der Waals surface area contributed by atoms with Gasteiger partial charge in [0, 0.05) is 0 Å². The first-order chi connectivity index (χ1) is 5.02. The van der Waals surface area contributed by atoms with Crippen molar-refractivity contribution in [3.8, 4) is 0 Å². The fraction of sp³-hybridized carbons (Fsp3) is 1.00. The van der Waals surface area contributed by atoms with Crippen LogP contribution in [0, 0.1) is 5.92 Å². The smallest absolute Gasteiger partial charge is 0.320 e. The molecule has 0 aromatic rings. The lowest BCUT2D eigenvalue weighted by molar-refractivity contribution is -0.159. The van der Waals surface area contributed by atoms with E-state index in [1.54, 1.807) is 6.92 Å². The molecule has 0 saturated carbocycles. The molecule has 0 fully saturated rings. The van der Waals surface area contributed by atoms with Crippen LogP contribution in [0.4, 0.5) is 8.78 Å². The maximum atomic E-state index is 11.6. The van der Waals surface area contributed by atoms with Gasteiger partial charge >= 0.3 is 6.61 Å². The molecular weight excluding hydrogens is 150 g/mol. The molecule has 68 valence electrons. The lowest BCUT2D eigenvalue weighted by Crippen LogP contribution is -2.12. The molecule has 0 aromatic carbocycles. The Kier molecular flexibility index (Phi) is 5.38. The Morgan fingerprint density at radius 2 is 1.64 bits per heavy atom. The van der Waals surface area contributed by atoms with Gasteiger partial charge in [-0.25, -0.2) is 0 Å². The summed E-state index contributed by atoms with van der Waals surface area (Å²) >= 11 is 0. The zero-order valence-corrected chi connectivity index (χ0v) is 7.31. The quantitative estimate of drug-likeness (QED) is 0.610. The zero-order chi connectivity index (χ0) is 8.85. The Morgan fingerprint density at radius 1 is 1.09 bits per heavy atom. The van der Waals surface area contributed by atoms with Crippen LogP contribution in [0.25, 0.3) is 0 Å². The lowest BCUT2D eigenvalue weighted by Gasteiger charge is -2.12. The van der Waals surface area contributed by atoms with Crippen molar-refractivity contribution in [2.45, 2.75) is 46.3 Å². The average Bonchev–Trinajstić information content (AvgIpc) is 1.82. The normalized spacial score (nSPS) is 14.5. The van der Waals surface area contributed by atoms with Crippen LogP contribution in [0.2, 0.25) is 0 Å². The number of hydrogen-bond acceptors (Lipinski definition) is 1. The van der Waals surface area contributed by atoms with Crippen molar-refractivity contribution >= 4 is 0 Å². The Labute approximate surface area is 66.7 Å². The molecule has 0 rings (SSSR count). The van der Waals surface area contributed by atoms with Gasteiger partial charge in [0.1, 0.15) is 0 Å². The summed E-state index contributed by atoms with van der Waals surface area (Å²) in [5, 5.41) is 0. The topological polar surface area (TPSA) is 9.23 Å². The first kappa shape index (κ1) is 10.8. The lowest BCUT2D eigenvalue weighted by atomic mass is 10.1. The summed E-state index contributed by atoms with van der Waals surface area (Å²) in [5.41, 5.74) is 0. The second-order valence-electron chi connectivity index (χ2n) is 3.18. The van der Waals surface area contributed by atoms with E-state index in [-0.39, 0.29) is 6.10 Å². The van der Waals surface area contributed by atoms with Crippen LogP contribution in [0.5, 0.6) is 0 Å². The van der Waals surface area contributed by atoms with E-state index in [9.17, 15) is 8.78 Å². The summed E-state index contributed by atoms with van der Waals surface area (Å²) in [4.78, 5) is 0. The van der Waals surface area contributed by atoms with Crippen LogP contribution in [0.3, 0.4) is 0 Å². The Bertz CT molecular complexity index is 94.1. The third-order valence-corrected chi connectivity index (χ3v) is 1.49. The molecule has 0 radical (unpaired) electrons. The van der Waals surface area contributed by atoms with Gasteiger partial charge in [-0.2, -0.15) is 8.78 Å². The summed E-state index contributed by atoms with van der Waals surface area (Å²) in [7, 11) is 0. The number of hydrogen-bond donors (Lipinski definition) is 0. The minimum Gasteiger partial charge on any atom is -0.320 e. The molecule has 0 spiro atoms. The van der Waals surface area contributed by atoms with Crippen molar-refractivity contribution in [1.29, 1.82) is 0 Å². The average molecular weight is 166 g/mol. The van der Waals surface area contributed by atoms with Crippen LogP contribution >= 0.6 is 0 Å². The maximum Gasteiger partial charge on any atom is 0.345 e. The van der Waals surface area contributed by atoms with Crippen molar-refractivity contribution in [2.24, 2.45) is 5.92 Å². The molecule has 0 aliphatic heterocycles. The molecule has 0 saturated heterocycles. The molecule has 0 aromatic heterocycles. The maximum absolute atomic E-state index is 11.6. The van der Waals surface area contributed by atoms with Crippen LogP contribution in [-0.2, 0) is 4.74 Å². The summed E-state index contributed by atoms with van der Waals surface area (Å²) in [6, 6.07) is 0. The molecule has 0 aliphatic carbocycles. The second-order valence-corrected chi connectivity index (χ2v) is 3.18. The molecule has 0 amide bonds. The molecule has 1 nitrogen and oxygen atoms in total. The third-order valence-electron chi connectivity index (χ3n) is 1.49. The predicted molar refractivity (Wildman–Crippen MR) is 40.6 cm³/mol. The summed E-state index contributed by atoms with van der Waals surface area (Å²) in [6.45, 7) is 3.18. The van der Waals surface area contributed by atoms with E-state index >= 15 is 0 Å². The number of alkyl halides is 2. The van der Waals surface area contributed by atoms with Gasteiger partial charge in [0.2, 0.25) is 0 Å². The molecule has 0 heterocycles. The minimum absolute atomic E-state index is 0.322. The number of halogens is 2. The van der Waals surface area contributed by atoms with E-state index in [1.165, 1.54) is 0 Å². The molecule has 11 heavy (non-hydrogen) atoms. The molecule has 0 N–H and O–H groups in total. The van der Waals surface area contributed by atoms with Crippen LogP contribution < -0.4 is 0 Å². The largest absolute Gasteiger partial charge is 0.345 e. The first-order valence-corrected chi connectivity index (χ1v) is 3.96. The van der Waals surface area contributed by atoms with E-state index in [0.717, 1.165) is 6.42 Å². The predicted octanol–water partition coefficient (Wildman–Crippen LogP) is 3.05. The van der Waals surface area contributed by atoms with Gasteiger partial charge in [-0.15, -0.1) is 0 Å². The summed E-state index contributed by atoms with van der Waals surface area (Å²) in [6.07, 6.45) is 1.33. The van der Waals surface area contributed by atoms with Crippen molar-refractivity contribution < 1.29 is 13.5 Å². The van der Waals surface area contributed by atoms with Crippen molar-refractivity contribution in [3.63, 3.8) is 0 Å². The van der Waals surface area contributed by atoms with E-state index < -0.39 is 6.61 Å². The van der Waals surface area contributed by atoms with Gasteiger partial charge in [0.05, 0.1) is 6.10 Å². The van der Waals surface area contributed by atoms with Crippen molar-refractivity contribution in [1.82, 2.24) is 0 Å². The Balaban J connectivity index is 3.29. The molecular formula is C8H16F2O. The Morgan fingerprint density at radius 3 is 2.00 bits per heavy atom. The monoisotopic (exact) mass is 166 g/mol. The standard InChI is InChI=1S/C8H16F2O/c1-6(2)4-5-7(3)11-8(9)10/h6-8H,4-5H2,1-3H3/t7-/m0/s1. The highest BCUT2D eigenvalue weighted by molar-refractivity contribution is 4.52. The highest BCUT2D eigenvalue weighted by Crippen LogP contribution is 2.11. The third kappa shape index (κ3) is 7.72. The molecule has 3 heteroatoms. The fourth-order valence-corrected chi connectivity index (χ4v) is 0.812. The van der Waals surface area contributed by atoms with Crippen molar-refractivity contribution in [3.05, 3.63) is 0 Å². The molecule has 0 unspecified atom stereocenters. The first-order valence-electron chi connectivity index (χ1n) is 3.96. The van der Waals surface area contributed by atoms with Crippen LogP contribution in [0.15, 0.2) is 0 Å². The van der Waals surface area contributed by atoms with Gasteiger partial charge in [-0.1, -0.05) is 13.8 Å². The zero-order valence-electron chi connectivity index (χ0n) is 7.31. The van der Waals surface area contributed by atoms with E-state index in [4.69, 9.17) is 0 Å². The highest BCUT2D eigenvalue weighted by Gasteiger charge is 2.09. The molecule has 1 atom stereocenters. The van der Waals surface area contributed by atoms with Gasteiger partial charge in [-0.05, 0) is 25.7 Å². The minimum atomic E-state index is -2.63. The van der Waals surface area contributed by atoms with Crippen LogP contribution in [-0.4, -0.2) is 12.7 Å². The number of rotatable bonds is 5.